The van der Waals surface area contributed by atoms with Crippen LogP contribution in [0.4, 0.5) is 0 Å². The molecular formula is C16H16BrClO. The molecule has 0 heterocycles. The van der Waals surface area contributed by atoms with Crippen molar-refractivity contribution in [3.63, 3.8) is 0 Å². The van der Waals surface area contributed by atoms with Gasteiger partial charge in [0.1, 0.15) is 11.5 Å². The molecule has 19 heavy (non-hydrogen) atoms. The van der Waals surface area contributed by atoms with E-state index in [0.29, 0.717) is 5.88 Å². The largest absolute Gasteiger partial charge is 0.457 e. The van der Waals surface area contributed by atoms with E-state index in [9.17, 15) is 0 Å². The van der Waals surface area contributed by atoms with Crippen LogP contribution in [0.5, 0.6) is 11.5 Å². The summed E-state index contributed by atoms with van der Waals surface area (Å²) in [6.45, 7) is 6.16. The van der Waals surface area contributed by atoms with Gasteiger partial charge in [0.2, 0.25) is 0 Å². The molecule has 0 spiro atoms. The topological polar surface area (TPSA) is 9.23 Å². The summed E-state index contributed by atoms with van der Waals surface area (Å²) in [4.78, 5) is 0. The van der Waals surface area contributed by atoms with E-state index >= 15 is 0 Å². The zero-order valence-electron chi connectivity index (χ0n) is 11.3. The van der Waals surface area contributed by atoms with E-state index in [0.717, 1.165) is 27.1 Å². The van der Waals surface area contributed by atoms with Gasteiger partial charge in [-0.1, -0.05) is 28.1 Å². The average molecular weight is 340 g/mol. The molecule has 100 valence electrons. The standard InChI is InChI=1S/C16H16BrClO/c1-10-6-13(9-18)4-5-15(10)19-14-7-11(2)16(17)12(3)8-14/h4-8H,9H2,1-3H3. The molecule has 2 aromatic rings. The smallest absolute Gasteiger partial charge is 0.130 e. The Morgan fingerprint density at radius 2 is 1.63 bits per heavy atom. The number of aryl methyl sites for hydroxylation is 3. The van der Waals surface area contributed by atoms with Crippen LogP contribution >= 0.6 is 27.5 Å². The molecule has 2 rings (SSSR count). The molecule has 0 aliphatic carbocycles. The normalized spacial score (nSPS) is 10.6. The van der Waals surface area contributed by atoms with Crippen molar-refractivity contribution in [2.45, 2.75) is 26.7 Å². The number of hydrogen-bond acceptors (Lipinski definition) is 1. The van der Waals surface area contributed by atoms with Crippen molar-refractivity contribution in [2.24, 2.45) is 0 Å². The number of rotatable bonds is 3. The first-order valence-corrected chi connectivity index (χ1v) is 7.44. The third-order valence-corrected chi connectivity index (χ3v) is 4.59. The van der Waals surface area contributed by atoms with Crippen LogP contribution in [0.2, 0.25) is 0 Å². The molecule has 0 radical (unpaired) electrons. The molecule has 0 aromatic heterocycles. The Bertz CT molecular complexity index is 585. The lowest BCUT2D eigenvalue weighted by Gasteiger charge is -2.12. The summed E-state index contributed by atoms with van der Waals surface area (Å²) >= 11 is 9.39. The second-order valence-corrected chi connectivity index (χ2v) is 5.77. The maximum absolute atomic E-state index is 5.96. The fourth-order valence-corrected chi connectivity index (χ4v) is 2.40. The fraction of sp³-hybridized carbons (Fsp3) is 0.250. The third-order valence-electron chi connectivity index (χ3n) is 3.03. The zero-order chi connectivity index (χ0) is 14.0. The Balaban J connectivity index is 2.31. The van der Waals surface area contributed by atoms with Crippen molar-refractivity contribution in [1.29, 1.82) is 0 Å². The highest BCUT2D eigenvalue weighted by atomic mass is 79.9. The Morgan fingerprint density at radius 3 is 2.16 bits per heavy atom. The first-order chi connectivity index (χ1) is 9.01. The van der Waals surface area contributed by atoms with Gasteiger partial charge in [-0.15, -0.1) is 11.6 Å². The fourth-order valence-electron chi connectivity index (χ4n) is 2.00. The molecule has 1 nitrogen and oxygen atoms in total. The van der Waals surface area contributed by atoms with Gasteiger partial charge in [-0.2, -0.15) is 0 Å². The second-order valence-electron chi connectivity index (χ2n) is 4.71. The Kier molecular flexibility index (Phi) is 4.54. The summed E-state index contributed by atoms with van der Waals surface area (Å²) in [5.41, 5.74) is 4.54. The van der Waals surface area contributed by atoms with Crippen molar-refractivity contribution in [3.05, 3.63) is 57.1 Å². The van der Waals surface area contributed by atoms with Crippen molar-refractivity contribution in [1.82, 2.24) is 0 Å². The first kappa shape index (κ1) is 14.4. The van der Waals surface area contributed by atoms with Crippen molar-refractivity contribution in [2.75, 3.05) is 0 Å². The Morgan fingerprint density at radius 1 is 1.00 bits per heavy atom. The molecule has 0 unspecified atom stereocenters. The van der Waals surface area contributed by atoms with Crippen LogP contribution in [0.3, 0.4) is 0 Å². The van der Waals surface area contributed by atoms with Crippen molar-refractivity contribution >= 4 is 27.5 Å². The predicted molar refractivity (Wildman–Crippen MR) is 84.4 cm³/mol. The second kappa shape index (κ2) is 5.98. The summed E-state index contributed by atoms with van der Waals surface area (Å²) in [6.07, 6.45) is 0. The predicted octanol–water partition coefficient (Wildman–Crippen LogP) is 5.91. The van der Waals surface area contributed by atoms with Crippen LogP contribution < -0.4 is 4.74 Å². The monoisotopic (exact) mass is 338 g/mol. The number of benzene rings is 2. The van der Waals surface area contributed by atoms with Crippen LogP contribution in [0.25, 0.3) is 0 Å². The van der Waals surface area contributed by atoms with Gasteiger partial charge in [0, 0.05) is 10.4 Å². The molecule has 2 aromatic carbocycles. The molecule has 0 amide bonds. The minimum Gasteiger partial charge on any atom is -0.457 e. The van der Waals surface area contributed by atoms with E-state index in [4.69, 9.17) is 16.3 Å². The van der Waals surface area contributed by atoms with Gasteiger partial charge in [0.25, 0.3) is 0 Å². The van der Waals surface area contributed by atoms with Crippen LogP contribution in [0, 0.1) is 20.8 Å². The van der Waals surface area contributed by atoms with Gasteiger partial charge in [-0.25, -0.2) is 0 Å². The molecule has 0 saturated carbocycles. The number of ether oxygens (including phenoxy) is 1. The summed E-state index contributed by atoms with van der Waals surface area (Å²) in [6, 6.07) is 10.1. The van der Waals surface area contributed by atoms with Gasteiger partial charge in [-0.3, -0.25) is 0 Å². The van der Waals surface area contributed by atoms with Gasteiger partial charge in [-0.05, 0) is 61.2 Å². The maximum atomic E-state index is 5.96. The van der Waals surface area contributed by atoms with E-state index in [1.54, 1.807) is 0 Å². The number of hydrogen-bond donors (Lipinski definition) is 0. The lowest BCUT2D eigenvalue weighted by molar-refractivity contribution is 0.478. The zero-order valence-corrected chi connectivity index (χ0v) is 13.6. The highest BCUT2D eigenvalue weighted by Crippen LogP contribution is 2.31. The van der Waals surface area contributed by atoms with Gasteiger partial charge in [0.05, 0.1) is 0 Å². The molecule has 0 saturated heterocycles. The molecule has 0 aliphatic heterocycles. The minimum absolute atomic E-state index is 0.525. The average Bonchev–Trinajstić information content (AvgIpc) is 2.38. The van der Waals surface area contributed by atoms with Gasteiger partial charge in [0.15, 0.2) is 0 Å². The Labute approximate surface area is 127 Å². The number of halogens is 2. The molecule has 0 aliphatic rings. The summed E-state index contributed by atoms with van der Waals surface area (Å²) in [5, 5.41) is 0. The van der Waals surface area contributed by atoms with Crippen molar-refractivity contribution < 1.29 is 4.74 Å². The molecule has 0 atom stereocenters. The van der Waals surface area contributed by atoms with E-state index < -0.39 is 0 Å². The molecule has 0 fully saturated rings. The van der Waals surface area contributed by atoms with E-state index in [2.05, 4.69) is 35.8 Å². The van der Waals surface area contributed by atoms with E-state index in [1.165, 1.54) is 11.1 Å². The first-order valence-electron chi connectivity index (χ1n) is 6.11. The molecular weight excluding hydrogens is 324 g/mol. The molecule has 0 N–H and O–H groups in total. The molecule has 0 bridgehead atoms. The van der Waals surface area contributed by atoms with Gasteiger partial charge < -0.3 is 4.74 Å². The summed E-state index contributed by atoms with van der Waals surface area (Å²) in [7, 11) is 0. The van der Waals surface area contributed by atoms with Gasteiger partial charge >= 0.3 is 0 Å². The number of alkyl halides is 1. The van der Waals surface area contributed by atoms with E-state index in [-0.39, 0.29) is 0 Å². The molecule has 3 heteroatoms. The lowest BCUT2D eigenvalue weighted by Crippen LogP contribution is -1.91. The highest BCUT2D eigenvalue weighted by Gasteiger charge is 2.06. The van der Waals surface area contributed by atoms with Crippen molar-refractivity contribution in [3.8, 4) is 11.5 Å². The van der Waals surface area contributed by atoms with Crippen LogP contribution in [-0.2, 0) is 5.88 Å². The highest BCUT2D eigenvalue weighted by molar-refractivity contribution is 9.10. The van der Waals surface area contributed by atoms with E-state index in [1.807, 2.05) is 31.2 Å². The lowest BCUT2D eigenvalue weighted by atomic mass is 10.1. The quantitative estimate of drug-likeness (QED) is 0.632. The summed E-state index contributed by atoms with van der Waals surface area (Å²) in [5.74, 6) is 2.26. The SMILES string of the molecule is Cc1cc(CCl)ccc1Oc1cc(C)c(Br)c(C)c1. The Hall–Kier alpha value is -0.990. The minimum atomic E-state index is 0.525. The van der Waals surface area contributed by atoms with Crippen LogP contribution in [-0.4, -0.2) is 0 Å². The third kappa shape index (κ3) is 3.31. The van der Waals surface area contributed by atoms with Crippen LogP contribution in [0.1, 0.15) is 22.3 Å². The maximum Gasteiger partial charge on any atom is 0.130 e. The van der Waals surface area contributed by atoms with Crippen LogP contribution in [0.15, 0.2) is 34.8 Å². The summed E-state index contributed by atoms with van der Waals surface area (Å²) < 4.78 is 7.09.